The Morgan fingerprint density at radius 3 is 2.45 bits per heavy atom. The van der Waals surface area contributed by atoms with Crippen LogP contribution in [0.2, 0.25) is 0 Å². The smallest absolute Gasteiger partial charge is 0.191 e. The second-order valence-electron chi connectivity index (χ2n) is 9.51. The van der Waals surface area contributed by atoms with E-state index in [1.165, 1.54) is 49.9 Å². The van der Waals surface area contributed by atoms with Crippen LogP contribution in [-0.2, 0) is 22.6 Å². The third-order valence-corrected chi connectivity index (χ3v) is 6.69. The van der Waals surface area contributed by atoms with Crippen molar-refractivity contribution >= 4 is 29.9 Å². The number of benzene rings is 1. The van der Waals surface area contributed by atoms with Gasteiger partial charge in [0.05, 0.1) is 12.7 Å². The van der Waals surface area contributed by atoms with E-state index >= 15 is 0 Å². The van der Waals surface area contributed by atoms with Crippen LogP contribution in [0.15, 0.2) is 29.3 Å². The molecule has 3 rings (SSSR count). The van der Waals surface area contributed by atoms with Gasteiger partial charge in [-0.1, -0.05) is 51.0 Å². The van der Waals surface area contributed by atoms with Gasteiger partial charge < -0.3 is 20.1 Å². The van der Waals surface area contributed by atoms with Crippen molar-refractivity contribution in [3.05, 3.63) is 35.4 Å². The van der Waals surface area contributed by atoms with E-state index in [0.717, 1.165) is 45.1 Å². The molecular formula is C26H45IN4O2. The summed E-state index contributed by atoms with van der Waals surface area (Å²) in [4.78, 5) is 7.14. The lowest BCUT2D eigenvalue weighted by molar-refractivity contribution is -0.0390. The van der Waals surface area contributed by atoms with Crippen LogP contribution >= 0.6 is 24.0 Å². The van der Waals surface area contributed by atoms with Gasteiger partial charge in [-0.3, -0.25) is 9.89 Å². The van der Waals surface area contributed by atoms with Gasteiger partial charge in [0.2, 0.25) is 0 Å². The van der Waals surface area contributed by atoms with Gasteiger partial charge in [0.15, 0.2) is 5.96 Å². The lowest BCUT2D eigenvalue weighted by atomic mass is 10.0. The topological polar surface area (TPSA) is 58.1 Å². The van der Waals surface area contributed by atoms with Crippen LogP contribution in [-0.4, -0.2) is 62.9 Å². The summed E-state index contributed by atoms with van der Waals surface area (Å²) in [6.07, 6.45) is 7.71. The molecule has 1 atom stereocenters. The predicted octanol–water partition coefficient (Wildman–Crippen LogP) is 4.57. The number of aliphatic imine (C=N–C) groups is 1. The Morgan fingerprint density at radius 1 is 1.09 bits per heavy atom. The van der Waals surface area contributed by atoms with Crippen LogP contribution in [0.1, 0.15) is 63.5 Å². The van der Waals surface area contributed by atoms with Crippen molar-refractivity contribution in [2.24, 2.45) is 10.9 Å². The molecule has 0 radical (unpaired) electrons. The van der Waals surface area contributed by atoms with Crippen LogP contribution in [0.5, 0.6) is 0 Å². The van der Waals surface area contributed by atoms with Gasteiger partial charge in [-0.2, -0.15) is 0 Å². The zero-order valence-corrected chi connectivity index (χ0v) is 23.2. The third-order valence-electron chi connectivity index (χ3n) is 6.69. The zero-order valence-electron chi connectivity index (χ0n) is 20.9. The Labute approximate surface area is 218 Å². The second kappa shape index (κ2) is 15.9. The van der Waals surface area contributed by atoms with Crippen LogP contribution in [0.25, 0.3) is 0 Å². The molecule has 188 valence electrons. The molecule has 2 N–H and O–H groups in total. The number of hydrogen-bond donors (Lipinski definition) is 2. The highest BCUT2D eigenvalue weighted by Crippen LogP contribution is 2.17. The van der Waals surface area contributed by atoms with Gasteiger partial charge in [-0.25, -0.2) is 0 Å². The van der Waals surface area contributed by atoms with Crippen molar-refractivity contribution in [1.82, 2.24) is 15.5 Å². The molecule has 0 spiro atoms. The number of ether oxygens (including phenoxy) is 2. The molecule has 0 aromatic heterocycles. The van der Waals surface area contributed by atoms with E-state index in [-0.39, 0.29) is 24.0 Å². The van der Waals surface area contributed by atoms with Crippen molar-refractivity contribution in [3.8, 4) is 0 Å². The number of rotatable bonds is 9. The molecule has 2 heterocycles. The van der Waals surface area contributed by atoms with E-state index in [1.807, 2.05) is 7.05 Å². The SMILES string of the molecule is CN=C(NCc1cccc(COC2CCOCC2)c1)NCC(C(C)C)N1CCCCCC1.I. The fourth-order valence-corrected chi connectivity index (χ4v) is 4.71. The Bertz CT molecular complexity index is 687. The molecule has 0 saturated carbocycles. The zero-order chi connectivity index (χ0) is 22.6. The van der Waals surface area contributed by atoms with Crippen LogP contribution in [0.4, 0.5) is 0 Å². The highest BCUT2D eigenvalue weighted by molar-refractivity contribution is 14.0. The van der Waals surface area contributed by atoms with Gasteiger partial charge in [0.1, 0.15) is 0 Å². The molecule has 2 aliphatic heterocycles. The van der Waals surface area contributed by atoms with Crippen molar-refractivity contribution in [2.45, 2.75) is 77.7 Å². The molecule has 1 aromatic carbocycles. The summed E-state index contributed by atoms with van der Waals surface area (Å²) in [6, 6.07) is 9.19. The second-order valence-corrected chi connectivity index (χ2v) is 9.51. The summed E-state index contributed by atoms with van der Waals surface area (Å²) >= 11 is 0. The number of nitrogens with zero attached hydrogens (tertiary/aromatic N) is 2. The Morgan fingerprint density at radius 2 is 1.79 bits per heavy atom. The Hall–Kier alpha value is -0.900. The van der Waals surface area contributed by atoms with Crippen molar-refractivity contribution in [2.75, 3.05) is 39.9 Å². The average molecular weight is 573 g/mol. The van der Waals surface area contributed by atoms with E-state index in [9.17, 15) is 0 Å². The number of likely N-dealkylation sites (tertiary alicyclic amines) is 1. The van der Waals surface area contributed by atoms with Crippen molar-refractivity contribution < 1.29 is 9.47 Å². The van der Waals surface area contributed by atoms with E-state index in [4.69, 9.17) is 9.47 Å². The minimum absolute atomic E-state index is 0. The normalized spacial score (nSPS) is 19.6. The van der Waals surface area contributed by atoms with Gasteiger partial charge in [-0.15, -0.1) is 24.0 Å². The van der Waals surface area contributed by atoms with E-state index < -0.39 is 0 Å². The Balaban J connectivity index is 0.00000385. The maximum Gasteiger partial charge on any atom is 0.191 e. The number of halogens is 1. The molecule has 2 aliphatic rings. The number of hydrogen-bond acceptors (Lipinski definition) is 4. The molecule has 1 unspecified atom stereocenters. The molecule has 0 amide bonds. The van der Waals surface area contributed by atoms with Crippen molar-refractivity contribution in [3.63, 3.8) is 0 Å². The summed E-state index contributed by atoms with van der Waals surface area (Å²) in [5.74, 6) is 1.49. The molecule has 1 aromatic rings. The number of guanidine groups is 1. The van der Waals surface area contributed by atoms with Crippen LogP contribution in [0, 0.1) is 5.92 Å². The van der Waals surface area contributed by atoms with Gasteiger partial charge in [0, 0.05) is 39.4 Å². The lowest BCUT2D eigenvalue weighted by Crippen LogP contribution is -2.49. The fourth-order valence-electron chi connectivity index (χ4n) is 4.71. The molecule has 33 heavy (non-hydrogen) atoms. The highest BCUT2D eigenvalue weighted by atomic mass is 127. The first-order valence-electron chi connectivity index (χ1n) is 12.6. The fraction of sp³-hybridized carbons (Fsp3) is 0.731. The molecule has 7 heteroatoms. The minimum Gasteiger partial charge on any atom is -0.381 e. The maximum absolute atomic E-state index is 6.08. The van der Waals surface area contributed by atoms with E-state index in [2.05, 4.69) is 58.6 Å². The first-order chi connectivity index (χ1) is 15.7. The molecule has 6 nitrogen and oxygen atoms in total. The van der Waals surface area contributed by atoms with Gasteiger partial charge >= 0.3 is 0 Å². The lowest BCUT2D eigenvalue weighted by Gasteiger charge is -2.34. The summed E-state index contributed by atoms with van der Waals surface area (Å²) in [6.45, 7) is 11.1. The minimum atomic E-state index is 0. The summed E-state index contributed by atoms with van der Waals surface area (Å²) in [7, 11) is 1.85. The Kier molecular flexibility index (Phi) is 13.7. The standard InChI is InChI=1S/C26H44N4O2.HI/c1-21(2)25(30-13-6-4-5-7-14-30)19-29-26(27-3)28-18-22-9-8-10-23(17-22)20-32-24-11-15-31-16-12-24;/h8-10,17,21,24-25H,4-7,11-16,18-20H2,1-3H3,(H2,27,28,29);1H. The summed E-state index contributed by atoms with van der Waals surface area (Å²) in [5.41, 5.74) is 2.47. The largest absolute Gasteiger partial charge is 0.381 e. The van der Waals surface area contributed by atoms with Crippen LogP contribution in [0.3, 0.4) is 0 Å². The summed E-state index contributed by atoms with van der Waals surface area (Å²) < 4.78 is 11.5. The van der Waals surface area contributed by atoms with E-state index in [1.54, 1.807) is 0 Å². The summed E-state index contributed by atoms with van der Waals surface area (Å²) in [5, 5.41) is 7.07. The first-order valence-corrected chi connectivity index (χ1v) is 12.6. The molecule has 2 saturated heterocycles. The molecule has 2 fully saturated rings. The predicted molar refractivity (Wildman–Crippen MR) is 147 cm³/mol. The van der Waals surface area contributed by atoms with E-state index in [0.29, 0.717) is 24.7 Å². The highest BCUT2D eigenvalue weighted by Gasteiger charge is 2.23. The molecular weight excluding hydrogens is 527 g/mol. The van der Waals surface area contributed by atoms with Crippen LogP contribution < -0.4 is 10.6 Å². The third kappa shape index (κ3) is 10.1. The monoisotopic (exact) mass is 572 g/mol. The average Bonchev–Trinajstić information content (AvgIpc) is 3.10. The van der Waals surface area contributed by atoms with Gasteiger partial charge in [0.25, 0.3) is 0 Å². The quantitative estimate of drug-likeness (QED) is 0.258. The number of nitrogens with one attached hydrogen (secondary N) is 2. The molecule has 0 aliphatic carbocycles. The van der Waals surface area contributed by atoms with Gasteiger partial charge in [-0.05, 0) is 55.8 Å². The maximum atomic E-state index is 6.08. The molecule has 0 bridgehead atoms. The van der Waals surface area contributed by atoms with Crippen molar-refractivity contribution in [1.29, 1.82) is 0 Å². The first kappa shape index (κ1) is 28.3.